The molecule has 0 aromatic rings. The SMILES string of the molecule is CCCCCCC/C=C\C/C=C\C/C=C\CCCCCCCCCCCCCCCCCCCCCCCCCCCCC(=O)OC(COC(=O)CCCCCCCCCCCCCCCCCCCCCCCC)COP(=O)(O)OCC[N+](C)(C)C. The van der Waals surface area contributed by atoms with E-state index in [0.717, 1.165) is 51.4 Å². The minimum absolute atomic E-state index is 0.0359. The second-order valence-corrected chi connectivity index (χ2v) is 28.9. The fourth-order valence-electron chi connectivity index (χ4n) is 11.6. The van der Waals surface area contributed by atoms with E-state index in [9.17, 15) is 19.0 Å². The third-order valence-corrected chi connectivity index (χ3v) is 18.4. The molecular weight excluding hydrogens is 1100 g/mol. The third-order valence-electron chi connectivity index (χ3n) is 17.4. The summed E-state index contributed by atoms with van der Waals surface area (Å²) in [6, 6.07) is 0. The molecule has 2 atom stereocenters. The highest BCUT2D eigenvalue weighted by Gasteiger charge is 2.27. The summed E-state index contributed by atoms with van der Waals surface area (Å²) < 4.78 is 34.8. The van der Waals surface area contributed by atoms with E-state index in [1.807, 2.05) is 21.1 Å². The summed E-state index contributed by atoms with van der Waals surface area (Å²) in [7, 11) is 1.50. The summed E-state index contributed by atoms with van der Waals surface area (Å²) in [6.07, 6.45) is 88.6. The number of esters is 2. The first-order valence-corrected chi connectivity index (χ1v) is 39.7. The van der Waals surface area contributed by atoms with Gasteiger partial charge in [-0.3, -0.25) is 18.6 Å². The maximum atomic E-state index is 12.9. The lowest BCUT2D eigenvalue weighted by Crippen LogP contribution is -2.37. The molecule has 514 valence electrons. The number of phosphoric ester groups is 1. The average molecular weight is 1250 g/mol. The van der Waals surface area contributed by atoms with E-state index in [-0.39, 0.29) is 25.6 Å². The van der Waals surface area contributed by atoms with Crippen molar-refractivity contribution in [3.63, 3.8) is 0 Å². The molecule has 87 heavy (non-hydrogen) atoms. The van der Waals surface area contributed by atoms with Crippen LogP contribution in [0.3, 0.4) is 0 Å². The molecule has 0 amide bonds. The summed E-state index contributed by atoms with van der Waals surface area (Å²) in [5, 5.41) is 0. The quantitative estimate of drug-likeness (QED) is 0.0211. The van der Waals surface area contributed by atoms with Gasteiger partial charge in [0, 0.05) is 12.8 Å². The minimum atomic E-state index is -4.39. The van der Waals surface area contributed by atoms with Gasteiger partial charge in [0.1, 0.15) is 19.8 Å². The Morgan fingerprint density at radius 3 is 0.920 bits per heavy atom. The van der Waals surface area contributed by atoms with Crippen molar-refractivity contribution in [3.05, 3.63) is 36.5 Å². The van der Waals surface area contributed by atoms with E-state index in [2.05, 4.69) is 50.3 Å². The van der Waals surface area contributed by atoms with E-state index in [4.69, 9.17) is 18.5 Å². The number of carbonyl (C=O) groups excluding carboxylic acids is 2. The van der Waals surface area contributed by atoms with Crippen LogP contribution in [0, 0.1) is 0 Å². The number of quaternary nitrogens is 1. The molecule has 0 aromatic heterocycles. The second-order valence-electron chi connectivity index (χ2n) is 27.4. The molecule has 0 spiro atoms. The van der Waals surface area contributed by atoms with E-state index in [1.165, 1.54) is 315 Å². The summed E-state index contributed by atoms with van der Waals surface area (Å²) >= 11 is 0. The molecule has 1 N–H and O–H groups in total. The number of hydrogen-bond acceptors (Lipinski definition) is 7. The number of ether oxygens (including phenoxy) is 2. The predicted octanol–water partition coefficient (Wildman–Crippen LogP) is 25.0. The molecule has 0 fully saturated rings. The van der Waals surface area contributed by atoms with Crippen LogP contribution in [0.5, 0.6) is 0 Å². The van der Waals surface area contributed by atoms with Crippen molar-refractivity contribution in [1.29, 1.82) is 0 Å². The molecule has 0 aliphatic heterocycles. The van der Waals surface area contributed by atoms with Crippen LogP contribution in [0.25, 0.3) is 0 Å². The van der Waals surface area contributed by atoms with Gasteiger partial charge in [0.25, 0.3) is 0 Å². The maximum Gasteiger partial charge on any atom is 0.472 e. The Labute approximate surface area is 541 Å². The first kappa shape index (κ1) is 85.2. The number of likely N-dealkylation sites (N-methyl/N-ethyl adjacent to an activating group) is 1. The molecule has 0 heterocycles. The van der Waals surface area contributed by atoms with Crippen molar-refractivity contribution in [2.45, 2.75) is 399 Å². The van der Waals surface area contributed by atoms with Crippen LogP contribution in [-0.4, -0.2) is 74.9 Å². The summed E-state index contributed by atoms with van der Waals surface area (Å²) in [6.45, 7) is 4.50. The van der Waals surface area contributed by atoms with Gasteiger partial charge >= 0.3 is 19.8 Å². The zero-order valence-electron chi connectivity index (χ0n) is 58.8. The summed E-state index contributed by atoms with van der Waals surface area (Å²) in [4.78, 5) is 35.9. The monoisotopic (exact) mass is 1250 g/mol. The Bertz CT molecular complexity index is 1560. The Balaban J connectivity index is 3.88. The van der Waals surface area contributed by atoms with Crippen molar-refractivity contribution in [2.24, 2.45) is 0 Å². The third kappa shape index (κ3) is 73.2. The van der Waals surface area contributed by atoms with Crippen LogP contribution < -0.4 is 0 Å². The van der Waals surface area contributed by atoms with E-state index < -0.39 is 26.5 Å². The predicted molar refractivity (Wildman–Crippen MR) is 377 cm³/mol. The fourth-order valence-corrected chi connectivity index (χ4v) is 12.3. The molecule has 0 aromatic carbocycles. The highest BCUT2D eigenvalue weighted by molar-refractivity contribution is 7.47. The molecule has 2 unspecified atom stereocenters. The topological polar surface area (TPSA) is 108 Å². The molecule has 0 aliphatic carbocycles. The van der Waals surface area contributed by atoms with Gasteiger partial charge in [-0.15, -0.1) is 0 Å². The fraction of sp³-hybridized carbons (Fsp3) is 0.896. The number of unbranched alkanes of at least 4 members (excludes halogenated alkanes) is 52. The average Bonchev–Trinajstić information content (AvgIpc) is 3.50. The number of hydrogen-bond donors (Lipinski definition) is 1. The van der Waals surface area contributed by atoms with Crippen molar-refractivity contribution in [2.75, 3.05) is 47.5 Å². The Morgan fingerprint density at radius 2 is 0.621 bits per heavy atom. The van der Waals surface area contributed by atoms with Crippen molar-refractivity contribution < 1.29 is 42.1 Å². The molecule has 0 bridgehead atoms. The minimum Gasteiger partial charge on any atom is -0.462 e. The zero-order chi connectivity index (χ0) is 63.4. The lowest BCUT2D eigenvalue weighted by Gasteiger charge is -2.24. The number of nitrogens with zero attached hydrogens (tertiary/aromatic N) is 1. The lowest BCUT2D eigenvalue weighted by molar-refractivity contribution is -0.870. The van der Waals surface area contributed by atoms with Crippen LogP contribution in [0.4, 0.5) is 0 Å². The van der Waals surface area contributed by atoms with Crippen LogP contribution in [0.2, 0.25) is 0 Å². The molecular formula is C77H149NO8P+. The molecule has 0 rings (SSSR count). The zero-order valence-corrected chi connectivity index (χ0v) is 59.7. The van der Waals surface area contributed by atoms with E-state index in [1.54, 1.807) is 0 Å². The molecule has 0 saturated carbocycles. The van der Waals surface area contributed by atoms with Crippen LogP contribution in [0.15, 0.2) is 36.5 Å². The van der Waals surface area contributed by atoms with Crippen LogP contribution >= 0.6 is 7.82 Å². The summed E-state index contributed by atoms with van der Waals surface area (Å²) in [5.41, 5.74) is 0. The Hall–Kier alpha value is -1.77. The maximum absolute atomic E-state index is 12.9. The normalized spacial score (nSPS) is 13.2. The molecule has 0 saturated heterocycles. The molecule has 0 radical (unpaired) electrons. The standard InChI is InChI=1S/C77H148NO8P/c1-6-8-10-12-14-16-18-20-22-24-26-28-30-31-32-33-34-35-36-37-38-39-40-41-42-43-44-45-46-47-48-50-52-54-56-58-60-62-64-66-68-70-77(80)86-75(74-85-87(81,82)84-72-71-78(3,4)5)73-83-76(79)69-67-65-63-61-59-57-55-53-51-49-29-27-25-23-21-19-17-15-13-11-9-7-2/h18,20,24,26,30-31,75H,6-17,19,21-23,25,27-29,32-74H2,1-5H3/p+1/b20-18-,26-24-,31-30-. The van der Waals surface area contributed by atoms with Gasteiger partial charge in [-0.2, -0.15) is 0 Å². The van der Waals surface area contributed by atoms with E-state index in [0.29, 0.717) is 17.4 Å². The van der Waals surface area contributed by atoms with Crippen molar-refractivity contribution >= 4 is 19.8 Å². The number of allylic oxidation sites excluding steroid dienone is 6. The Morgan fingerprint density at radius 1 is 0.356 bits per heavy atom. The summed E-state index contributed by atoms with van der Waals surface area (Å²) in [5.74, 6) is -0.771. The smallest absolute Gasteiger partial charge is 0.462 e. The van der Waals surface area contributed by atoms with Gasteiger partial charge in [-0.05, 0) is 51.4 Å². The van der Waals surface area contributed by atoms with Gasteiger partial charge in [-0.1, -0.05) is 365 Å². The van der Waals surface area contributed by atoms with Gasteiger partial charge in [0.2, 0.25) is 0 Å². The van der Waals surface area contributed by atoms with Crippen molar-refractivity contribution in [1.82, 2.24) is 0 Å². The Kier molecular flexibility index (Phi) is 67.2. The molecule has 10 heteroatoms. The van der Waals surface area contributed by atoms with Crippen molar-refractivity contribution in [3.8, 4) is 0 Å². The largest absolute Gasteiger partial charge is 0.472 e. The van der Waals surface area contributed by atoms with Gasteiger partial charge in [-0.25, -0.2) is 4.57 Å². The highest BCUT2D eigenvalue weighted by atomic mass is 31.2. The first-order chi connectivity index (χ1) is 42.5. The van der Waals surface area contributed by atoms with Gasteiger partial charge < -0.3 is 18.9 Å². The van der Waals surface area contributed by atoms with Crippen LogP contribution in [-0.2, 0) is 32.7 Å². The second kappa shape index (κ2) is 68.6. The number of rotatable bonds is 72. The lowest BCUT2D eigenvalue weighted by atomic mass is 10.0. The van der Waals surface area contributed by atoms with Gasteiger partial charge in [0.05, 0.1) is 27.7 Å². The number of phosphoric acid groups is 1. The highest BCUT2D eigenvalue weighted by Crippen LogP contribution is 2.43. The number of carbonyl (C=O) groups is 2. The first-order valence-electron chi connectivity index (χ1n) is 38.2. The van der Waals surface area contributed by atoms with E-state index >= 15 is 0 Å². The van der Waals surface area contributed by atoms with Gasteiger partial charge in [0.15, 0.2) is 6.10 Å². The van der Waals surface area contributed by atoms with Crippen LogP contribution in [0.1, 0.15) is 393 Å². The molecule has 9 nitrogen and oxygen atoms in total. The molecule has 0 aliphatic rings.